The molecule has 0 aromatic heterocycles. The van der Waals surface area contributed by atoms with Crippen molar-refractivity contribution in [2.45, 2.75) is 25.8 Å². The molecule has 0 spiro atoms. The first-order valence-corrected chi connectivity index (χ1v) is 5.72. The summed E-state index contributed by atoms with van der Waals surface area (Å²) in [5, 5.41) is 0.709. The second-order valence-corrected chi connectivity index (χ2v) is 4.66. The number of rotatable bonds is 4. The van der Waals surface area contributed by atoms with Gasteiger partial charge in [-0.1, -0.05) is 11.6 Å². The van der Waals surface area contributed by atoms with Gasteiger partial charge in [-0.25, -0.2) is 0 Å². The molecular weight excluding hydrogens is 210 g/mol. The predicted molar refractivity (Wildman–Crippen MR) is 62.3 cm³/mol. The number of hydrogen-bond donors (Lipinski definition) is 1. The third kappa shape index (κ3) is 2.86. The van der Waals surface area contributed by atoms with Crippen molar-refractivity contribution in [3.05, 3.63) is 28.8 Å². The molecular formula is C12H16ClNO. The standard InChI is InChI=1S/C12H16ClNO/c1-8(14)11-6-10(13)4-5-12(11)15-7-9-2-3-9/h4-6,8-9H,2-3,7,14H2,1H3/t8-/m0/s1. The molecule has 1 saturated carbocycles. The summed E-state index contributed by atoms with van der Waals surface area (Å²) in [4.78, 5) is 0. The molecule has 0 aliphatic heterocycles. The van der Waals surface area contributed by atoms with Crippen LogP contribution in [0.2, 0.25) is 5.02 Å². The Bertz CT molecular complexity index is 347. The van der Waals surface area contributed by atoms with E-state index in [9.17, 15) is 0 Å². The molecule has 1 aliphatic carbocycles. The molecule has 1 aromatic rings. The highest BCUT2D eigenvalue weighted by Crippen LogP contribution is 2.32. The molecule has 0 bridgehead atoms. The number of nitrogens with two attached hydrogens (primary N) is 1. The van der Waals surface area contributed by atoms with Crippen LogP contribution >= 0.6 is 11.6 Å². The molecule has 2 nitrogen and oxygen atoms in total. The summed E-state index contributed by atoms with van der Waals surface area (Å²) in [5.74, 6) is 1.63. The van der Waals surface area contributed by atoms with Crippen LogP contribution in [-0.4, -0.2) is 6.61 Å². The maximum atomic E-state index is 5.92. The third-order valence-electron chi connectivity index (χ3n) is 2.63. The van der Waals surface area contributed by atoms with E-state index in [0.29, 0.717) is 5.02 Å². The van der Waals surface area contributed by atoms with E-state index in [2.05, 4.69) is 0 Å². The van der Waals surface area contributed by atoms with Crippen molar-refractivity contribution in [1.82, 2.24) is 0 Å². The molecule has 2 rings (SSSR count). The summed E-state index contributed by atoms with van der Waals surface area (Å²) < 4.78 is 5.74. The van der Waals surface area contributed by atoms with Crippen LogP contribution in [0.1, 0.15) is 31.4 Å². The highest BCUT2D eigenvalue weighted by atomic mass is 35.5. The SMILES string of the molecule is C[C@H](N)c1cc(Cl)ccc1OCC1CC1. The largest absolute Gasteiger partial charge is 0.493 e. The maximum Gasteiger partial charge on any atom is 0.124 e. The average Bonchev–Trinajstić information content (AvgIpc) is 2.99. The van der Waals surface area contributed by atoms with Crippen molar-refractivity contribution in [1.29, 1.82) is 0 Å². The molecule has 2 N–H and O–H groups in total. The zero-order valence-corrected chi connectivity index (χ0v) is 9.63. The van der Waals surface area contributed by atoms with Gasteiger partial charge in [0.2, 0.25) is 0 Å². The van der Waals surface area contributed by atoms with Crippen molar-refractivity contribution in [3.8, 4) is 5.75 Å². The van der Waals surface area contributed by atoms with E-state index in [1.807, 2.05) is 25.1 Å². The van der Waals surface area contributed by atoms with Crippen molar-refractivity contribution < 1.29 is 4.74 Å². The zero-order valence-electron chi connectivity index (χ0n) is 8.87. The van der Waals surface area contributed by atoms with E-state index in [1.165, 1.54) is 12.8 Å². The lowest BCUT2D eigenvalue weighted by molar-refractivity contribution is 0.295. The highest BCUT2D eigenvalue weighted by Gasteiger charge is 2.22. The fraction of sp³-hybridized carbons (Fsp3) is 0.500. The van der Waals surface area contributed by atoms with E-state index in [0.717, 1.165) is 23.8 Å². The van der Waals surface area contributed by atoms with Gasteiger partial charge in [0, 0.05) is 16.6 Å². The Morgan fingerprint density at radius 2 is 2.27 bits per heavy atom. The molecule has 15 heavy (non-hydrogen) atoms. The van der Waals surface area contributed by atoms with Gasteiger partial charge < -0.3 is 10.5 Å². The van der Waals surface area contributed by atoms with E-state index >= 15 is 0 Å². The first-order chi connectivity index (χ1) is 7.16. The van der Waals surface area contributed by atoms with E-state index in [1.54, 1.807) is 0 Å². The molecule has 0 unspecified atom stereocenters. The van der Waals surface area contributed by atoms with Crippen LogP contribution in [-0.2, 0) is 0 Å². The normalized spacial score (nSPS) is 17.5. The molecule has 1 aliphatic rings. The minimum Gasteiger partial charge on any atom is -0.493 e. The quantitative estimate of drug-likeness (QED) is 0.855. The van der Waals surface area contributed by atoms with Crippen LogP contribution in [0.3, 0.4) is 0 Å². The van der Waals surface area contributed by atoms with Crippen molar-refractivity contribution >= 4 is 11.6 Å². The second-order valence-electron chi connectivity index (χ2n) is 4.23. The summed E-state index contributed by atoms with van der Waals surface area (Å²) in [5.41, 5.74) is 6.86. The topological polar surface area (TPSA) is 35.2 Å². The minimum atomic E-state index is -0.0436. The Labute approximate surface area is 95.4 Å². The minimum absolute atomic E-state index is 0.0436. The average molecular weight is 226 g/mol. The maximum absolute atomic E-state index is 5.92. The highest BCUT2D eigenvalue weighted by molar-refractivity contribution is 6.30. The summed E-state index contributed by atoms with van der Waals surface area (Å²) in [7, 11) is 0. The van der Waals surface area contributed by atoms with Crippen LogP contribution in [0.5, 0.6) is 5.75 Å². The molecule has 0 radical (unpaired) electrons. The van der Waals surface area contributed by atoms with Gasteiger partial charge in [0.15, 0.2) is 0 Å². The van der Waals surface area contributed by atoms with Gasteiger partial charge in [0.1, 0.15) is 5.75 Å². The van der Waals surface area contributed by atoms with Crippen molar-refractivity contribution in [3.63, 3.8) is 0 Å². The first kappa shape index (κ1) is 10.8. The Morgan fingerprint density at radius 3 is 2.87 bits per heavy atom. The second kappa shape index (κ2) is 4.42. The lowest BCUT2D eigenvalue weighted by atomic mass is 10.1. The fourth-order valence-corrected chi connectivity index (χ4v) is 1.68. The molecule has 0 amide bonds. The monoisotopic (exact) mass is 225 g/mol. The molecule has 0 heterocycles. The molecule has 0 saturated heterocycles. The smallest absolute Gasteiger partial charge is 0.124 e. The Kier molecular flexibility index (Phi) is 3.17. The number of halogens is 1. The van der Waals surface area contributed by atoms with E-state index in [-0.39, 0.29) is 6.04 Å². The van der Waals surface area contributed by atoms with Gasteiger partial charge in [0.25, 0.3) is 0 Å². The Hall–Kier alpha value is -0.730. The predicted octanol–water partition coefficient (Wildman–Crippen LogP) is 3.15. The lowest BCUT2D eigenvalue weighted by Crippen LogP contribution is -2.09. The summed E-state index contributed by atoms with van der Waals surface area (Å²) in [6.07, 6.45) is 2.59. The summed E-state index contributed by atoms with van der Waals surface area (Å²) in [6.45, 7) is 2.75. The van der Waals surface area contributed by atoms with Gasteiger partial charge in [-0.3, -0.25) is 0 Å². The van der Waals surface area contributed by atoms with Gasteiger partial charge >= 0.3 is 0 Å². The third-order valence-corrected chi connectivity index (χ3v) is 2.87. The van der Waals surface area contributed by atoms with Crippen LogP contribution < -0.4 is 10.5 Å². The van der Waals surface area contributed by atoms with E-state index < -0.39 is 0 Å². The van der Waals surface area contributed by atoms with E-state index in [4.69, 9.17) is 22.1 Å². The summed E-state index contributed by atoms with van der Waals surface area (Å²) >= 11 is 5.92. The van der Waals surface area contributed by atoms with Crippen LogP contribution in [0.4, 0.5) is 0 Å². The summed E-state index contributed by atoms with van der Waals surface area (Å²) in [6, 6.07) is 5.59. The Morgan fingerprint density at radius 1 is 1.53 bits per heavy atom. The number of ether oxygens (including phenoxy) is 1. The van der Waals surface area contributed by atoms with Gasteiger partial charge in [-0.2, -0.15) is 0 Å². The van der Waals surface area contributed by atoms with Crippen LogP contribution in [0.25, 0.3) is 0 Å². The zero-order chi connectivity index (χ0) is 10.8. The van der Waals surface area contributed by atoms with Crippen molar-refractivity contribution in [2.75, 3.05) is 6.61 Å². The number of benzene rings is 1. The molecule has 82 valence electrons. The van der Waals surface area contributed by atoms with Gasteiger partial charge in [-0.05, 0) is 43.9 Å². The van der Waals surface area contributed by atoms with Crippen LogP contribution in [0, 0.1) is 5.92 Å². The molecule has 1 atom stereocenters. The van der Waals surface area contributed by atoms with Gasteiger partial charge in [-0.15, -0.1) is 0 Å². The Balaban J connectivity index is 2.12. The molecule has 1 fully saturated rings. The molecule has 1 aromatic carbocycles. The fourth-order valence-electron chi connectivity index (χ4n) is 1.50. The first-order valence-electron chi connectivity index (χ1n) is 5.34. The number of hydrogen-bond acceptors (Lipinski definition) is 2. The lowest BCUT2D eigenvalue weighted by Gasteiger charge is -2.14. The van der Waals surface area contributed by atoms with Crippen molar-refractivity contribution in [2.24, 2.45) is 11.7 Å². The van der Waals surface area contributed by atoms with Gasteiger partial charge in [0.05, 0.1) is 6.61 Å². The molecule has 3 heteroatoms. The van der Waals surface area contributed by atoms with Crippen LogP contribution in [0.15, 0.2) is 18.2 Å².